The number of aryl methyl sites for hydroxylation is 2. The van der Waals surface area contributed by atoms with Crippen LogP contribution in [-0.4, -0.2) is 86.0 Å². The molecule has 12 heteroatoms. The van der Waals surface area contributed by atoms with Gasteiger partial charge in [0.2, 0.25) is 0 Å². The zero-order valence-electron chi connectivity index (χ0n) is 25.6. The van der Waals surface area contributed by atoms with E-state index in [1.54, 1.807) is 32.8 Å². The molecular formula is C31H42N6O5S. The number of ether oxygens (including phenoxy) is 2. The fourth-order valence-electron chi connectivity index (χ4n) is 5.80. The van der Waals surface area contributed by atoms with E-state index in [0.717, 1.165) is 54.7 Å². The first-order valence-corrected chi connectivity index (χ1v) is 16.2. The van der Waals surface area contributed by atoms with E-state index in [4.69, 9.17) is 9.47 Å². The number of likely N-dealkylation sites (N-methyl/N-ethyl adjacent to an activating group) is 1. The number of aromatic nitrogens is 3. The Bertz CT molecular complexity index is 1650. The van der Waals surface area contributed by atoms with Gasteiger partial charge in [0.1, 0.15) is 5.82 Å². The van der Waals surface area contributed by atoms with Gasteiger partial charge in [-0.25, -0.2) is 18.1 Å². The first-order valence-electron chi connectivity index (χ1n) is 14.7. The molecule has 2 aromatic heterocycles. The maximum Gasteiger partial charge on any atom is 0.259 e. The van der Waals surface area contributed by atoms with Gasteiger partial charge < -0.3 is 33.5 Å². The minimum Gasteiger partial charge on any atom is -0.494 e. The lowest BCUT2D eigenvalue weighted by Gasteiger charge is -2.35. The maximum absolute atomic E-state index is 12.9. The molecule has 11 nitrogen and oxygen atoms in total. The predicted octanol–water partition coefficient (Wildman–Crippen LogP) is 3.90. The lowest BCUT2D eigenvalue weighted by molar-refractivity contribution is 0.271. The number of anilines is 1. The molecule has 1 saturated heterocycles. The molecule has 4 aromatic rings. The normalized spacial score (nSPS) is 15.2. The van der Waals surface area contributed by atoms with E-state index >= 15 is 0 Å². The van der Waals surface area contributed by atoms with E-state index in [0.29, 0.717) is 30.2 Å². The number of imidazole rings is 1. The molecule has 0 radical (unpaired) electrons. The zero-order chi connectivity index (χ0) is 30.7. The highest BCUT2D eigenvalue weighted by molar-refractivity contribution is 7.89. The van der Waals surface area contributed by atoms with Crippen LogP contribution in [0.3, 0.4) is 0 Å². The minimum atomic E-state index is -3.75. The topological polar surface area (TPSA) is 114 Å². The molecule has 0 bridgehead atoms. The van der Waals surface area contributed by atoms with E-state index < -0.39 is 10.0 Å². The molecule has 0 unspecified atom stereocenters. The molecule has 3 heterocycles. The second-order valence-electron chi connectivity index (χ2n) is 10.9. The Balaban J connectivity index is 1.45. The third-order valence-corrected chi connectivity index (χ3v) is 9.76. The Hall–Kier alpha value is -3.74. The van der Waals surface area contributed by atoms with Gasteiger partial charge in [-0.15, -0.1) is 0 Å². The van der Waals surface area contributed by atoms with Crippen molar-refractivity contribution in [3.8, 4) is 17.4 Å². The summed E-state index contributed by atoms with van der Waals surface area (Å²) in [4.78, 5) is 8.99. The maximum atomic E-state index is 12.9. The van der Waals surface area contributed by atoms with Gasteiger partial charge in [0, 0.05) is 68.6 Å². The lowest BCUT2D eigenvalue weighted by atomic mass is 10.0. The number of fused-ring (bicyclic) bond motifs is 1. The van der Waals surface area contributed by atoms with E-state index in [2.05, 4.69) is 32.5 Å². The summed E-state index contributed by atoms with van der Waals surface area (Å²) in [6.07, 6.45) is 4.60. The molecule has 2 N–H and O–H groups in total. The molecule has 0 amide bonds. The Morgan fingerprint density at radius 1 is 1.02 bits per heavy atom. The van der Waals surface area contributed by atoms with Crippen LogP contribution in [-0.2, 0) is 17.1 Å². The largest absolute Gasteiger partial charge is 0.494 e. The van der Waals surface area contributed by atoms with Crippen LogP contribution in [0.25, 0.3) is 10.8 Å². The summed E-state index contributed by atoms with van der Waals surface area (Å²) < 4.78 is 43.0. The Labute approximate surface area is 253 Å². The fourth-order valence-corrected chi connectivity index (χ4v) is 6.91. The van der Waals surface area contributed by atoms with E-state index in [-0.39, 0.29) is 23.5 Å². The van der Waals surface area contributed by atoms with Crippen LogP contribution in [0, 0.1) is 6.92 Å². The molecule has 232 valence electrons. The van der Waals surface area contributed by atoms with Crippen molar-refractivity contribution in [2.45, 2.75) is 37.8 Å². The Morgan fingerprint density at radius 3 is 2.42 bits per heavy atom. The van der Waals surface area contributed by atoms with Crippen LogP contribution in [0.2, 0.25) is 0 Å². The summed E-state index contributed by atoms with van der Waals surface area (Å²) in [5, 5.41) is 13.3. The van der Waals surface area contributed by atoms with Crippen molar-refractivity contribution in [1.29, 1.82) is 0 Å². The van der Waals surface area contributed by atoms with Gasteiger partial charge in [-0.1, -0.05) is 19.1 Å². The van der Waals surface area contributed by atoms with Crippen LogP contribution >= 0.6 is 0 Å². The van der Waals surface area contributed by atoms with Crippen molar-refractivity contribution in [1.82, 2.24) is 23.7 Å². The van der Waals surface area contributed by atoms with Crippen LogP contribution < -0.4 is 19.1 Å². The summed E-state index contributed by atoms with van der Waals surface area (Å²) in [6.45, 7) is 9.06. The highest BCUT2D eigenvalue weighted by Gasteiger charge is 2.25. The fraction of sp³-hybridized carbons (Fsp3) is 0.452. The highest BCUT2D eigenvalue weighted by Crippen LogP contribution is 2.40. The Kier molecular flexibility index (Phi) is 9.19. The predicted molar refractivity (Wildman–Crippen MR) is 168 cm³/mol. The monoisotopic (exact) mass is 610 g/mol. The molecule has 0 spiro atoms. The second kappa shape index (κ2) is 12.9. The summed E-state index contributed by atoms with van der Waals surface area (Å²) in [5.74, 6) is 1.99. The second-order valence-corrected chi connectivity index (χ2v) is 12.6. The highest BCUT2D eigenvalue weighted by atomic mass is 32.2. The van der Waals surface area contributed by atoms with Crippen molar-refractivity contribution in [3.05, 3.63) is 60.2 Å². The van der Waals surface area contributed by atoms with E-state index in [9.17, 15) is 13.5 Å². The molecule has 1 fully saturated rings. The molecule has 1 aliphatic rings. The van der Waals surface area contributed by atoms with E-state index in [1.807, 2.05) is 41.1 Å². The molecular weight excluding hydrogens is 568 g/mol. The average molecular weight is 611 g/mol. The average Bonchev–Trinajstić information content (AvgIpc) is 3.55. The number of nitrogens with one attached hydrogen (secondary N) is 1. The summed E-state index contributed by atoms with van der Waals surface area (Å²) in [7, 11) is 1.21. The van der Waals surface area contributed by atoms with Gasteiger partial charge in [0.25, 0.3) is 10.0 Å². The molecule has 1 atom stereocenters. The molecule has 0 aliphatic carbocycles. The lowest BCUT2D eigenvalue weighted by Crippen LogP contribution is -2.46. The smallest absolute Gasteiger partial charge is 0.259 e. The molecule has 5 rings (SSSR count). The molecule has 43 heavy (non-hydrogen) atoms. The van der Waals surface area contributed by atoms with Gasteiger partial charge in [0.05, 0.1) is 20.3 Å². The van der Waals surface area contributed by atoms with E-state index in [1.165, 1.54) is 6.20 Å². The number of methoxy groups -OCH3 is 2. The van der Waals surface area contributed by atoms with Crippen molar-refractivity contribution >= 4 is 26.5 Å². The van der Waals surface area contributed by atoms with Gasteiger partial charge >= 0.3 is 0 Å². The standard InChI is InChI=1S/C31H42N6O5S/c1-6-35-15-17-36(18-16-35)27-10-7-9-24-25(27)20-37(31(24)38)26(23-12-13-28(41-4)29(19-23)42-5)11-8-14-32-43(39,40)30-21-34(3)22(2)33-30/h7,9-10,12-13,19-21,26,32,38H,6,8,11,14-18H2,1-5H3/t26-/m1/s1. The van der Waals surface area contributed by atoms with Gasteiger partial charge in [0.15, 0.2) is 22.4 Å². The van der Waals surface area contributed by atoms with Crippen molar-refractivity contribution in [2.24, 2.45) is 7.05 Å². The summed E-state index contributed by atoms with van der Waals surface area (Å²) in [6, 6.07) is 11.5. The molecule has 1 aliphatic heterocycles. The van der Waals surface area contributed by atoms with Gasteiger partial charge in [-0.3, -0.25) is 0 Å². The van der Waals surface area contributed by atoms with Crippen LogP contribution in [0.15, 0.2) is 53.8 Å². The minimum absolute atomic E-state index is 0.00513. The van der Waals surface area contributed by atoms with Crippen molar-refractivity contribution in [2.75, 3.05) is 58.4 Å². The molecule has 0 saturated carbocycles. The summed E-state index contributed by atoms with van der Waals surface area (Å²) in [5.41, 5.74) is 2.02. The number of hydrogen-bond donors (Lipinski definition) is 2. The number of benzene rings is 2. The number of piperazine rings is 1. The number of hydrogen-bond acceptors (Lipinski definition) is 8. The SMILES string of the molecule is CCN1CCN(c2cccc3c(O)n([C@H](CCCNS(=O)(=O)c4cn(C)c(C)n4)c4ccc(OC)c(OC)c4)cc23)CC1. The number of rotatable bonds is 12. The first-order chi connectivity index (χ1) is 20.7. The van der Waals surface area contributed by atoms with Crippen LogP contribution in [0.5, 0.6) is 17.4 Å². The first kappa shape index (κ1) is 30.7. The Morgan fingerprint density at radius 2 is 1.77 bits per heavy atom. The summed E-state index contributed by atoms with van der Waals surface area (Å²) >= 11 is 0. The molecule has 2 aromatic carbocycles. The van der Waals surface area contributed by atoms with Gasteiger partial charge in [-0.05, 0) is 56.1 Å². The van der Waals surface area contributed by atoms with Crippen LogP contribution in [0.1, 0.15) is 37.2 Å². The van der Waals surface area contributed by atoms with Crippen molar-refractivity contribution < 1.29 is 23.0 Å². The van der Waals surface area contributed by atoms with Gasteiger partial charge in [-0.2, -0.15) is 0 Å². The zero-order valence-corrected chi connectivity index (χ0v) is 26.4. The number of sulfonamides is 1. The van der Waals surface area contributed by atoms with Crippen LogP contribution in [0.4, 0.5) is 5.69 Å². The van der Waals surface area contributed by atoms with Crippen molar-refractivity contribution in [3.63, 3.8) is 0 Å². The number of nitrogens with zero attached hydrogens (tertiary/aromatic N) is 5. The quantitative estimate of drug-likeness (QED) is 0.232. The third-order valence-electron chi connectivity index (χ3n) is 8.43. The number of aromatic hydroxyl groups is 1. The third kappa shape index (κ3) is 6.31.